The molecule has 0 atom stereocenters. The van der Waals surface area contributed by atoms with Gasteiger partial charge in [-0.3, -0.25) is 4.79 Å². The number of nitrogens with zero attached hydrogens (tertiary/aromatic N) is 1. The summed E-state index contributed by atoms with van der Waals surface area (Å²) < 4.78 is 44.3. The second-order valence-electron chi connectivity index (χ2n) is 4.05. The first-order valence-corrected chi connectivity index (χ1v) is 7.15. The Kier molecular flexibility index (Phi) is 3.78. The number of nitriles is 1. The lowest BCUT2D eigenvalue weighted by atomic mass is 10.2. The lowest BCUT2D eigenvalue weighted by Crippen LogP contribution is -2.31. The van der Waals surface area contributed by atoms with Crippen LogP contribution >= 0.6 is 0 Å². The van der Waals surface area contributed by atoms with Gasteiger partial charge < -0.3 is 4.42 Å². The number of carbonyl (C=O) groups is 1. The molecule has 1 N–H and O–H groups in total. The maximum absolute atomic E-state index is 13.4. The molecule has 108 valence electrons. The fourth-order valence-electron chi connectivity index (χ4n) is 1.69. The van der Waals surface area contributed by atoms with Crippen molar-refractivity contribution in [2.24, 2.45) is 0 Å². The minimum atomic E-state index is -4.37. The van der Waals surface area contributed by atoms with Crippen molar-refractivity contribution in [3.63, 3.8) is 0 Å². The van der Waals surface area contributed by atoms with Crippen molar-refractivity contribution in [3.8, 4) is 6.07 Å². The summed E-state index contributed by atoms with van der Waals surface area (Å²) in [5.74, 6) is -1.66. The predicted molar refractivity (Wildman–Crippen MR) is 69.2 cm³/mol. The Balaban J connectivity index is 2.41. The second kappa shape index (κ2) is 5.38. The first-order chi connectivity index (χ1) is 9.86. The number of aryl methyl sites for hydroxylation is 1. The molecule has 2 rings (SSSR count). The highest BCUT2D eigenvalue weighted by Crippen LogP contribution is 2.18. The van der Waals surface area contributed by atoms with E-state index in [1.807, 2.05) is 0 Å². The molecule has 0 aliphatic rings. The molecule has 0 aliphatic heterocycles. The molecular weight excluding hydrogens is 299 g/mol. The van der Waals surface area contributed by atoms with Crippen LogP contribution in [0.1, 0.15) is 21.7 Å². The average Bonchev–Trinajstić information content (AvgIpc) is 2.84. The summed E-state index contributed by atoms with van der Waals surface area (Å²) in [6.45, 7) is 1.49. The van der Waals surface area contributed by atoms with E-state index >= 15 is 0 Å². The van der Waals surface area contributed by atoms with Crippen LogP contribution in [0, 0.1) is 24.1 Å². The number of benzene rings is 1. The number of furan rings is 1. The van der Waals surface area contributed by atoms with E-state index in [1.54, 1.807) is 4.72 Å². The highest BCUT2D eigenvalue weighted by molar-refractivity contribution is 7.90. The first-order valence-electron chi connectivity index (χ1n) is 5.66. The fraction of sp³-hybridized carbons (Fsp3) is 0.0769. The Labute approximate surface area is 119 Å². The van der Waals surface area contributed by atoms with Crippen LogP contribution < -0.4 is 4.72 Å². The average molecular weight is 308 g/mol. The van der Waals surface area contributed by atoms with Crippen LogP contribution in [0.2, 0.25) is 0 Å². The van der Waals surface area contributed by atoms with Crippen LogP contribution in [0.5, 0.6) is 0 Å². The molecular formula is C13H9FN2O4S. The van der Waals surface area contributed by atoms with Crippen molar-refractivity contribution in [3.05, 3.63) is 53.2 Å². The predicted octanol–water partition coefficient (Wildman–Crippen LogP) is 1.72. The fourth-order valence-corrected chi connectivity index (χ4v) is 2.82. The Morgan fingerprint density at radius 3 is 2.67 bits per heavy atom. The van der Waals surface area contributed by atoms with Gasteiger partial charge in [0.25, 0.3) is 15.9 Å². The lowest BCUT2D eigenvalue weighted by Gasteiger charge is -2.08. The van der Waals surface area contributed by atoms with Gasteiger partial charge in [-0.15, -0.1) is 0 Å². The van der Waals surface area contributed by atoms with Gasteiger partial charge in [0.1, 0.15) is 28.1 Å². The van der Waals surface area contributed by atoms with Crippen LogP contribution in [-0.2, 0) is 10.0 Å². The highest BCUT2D eigenvalue weighted by Gasteiger charge is 2.25. The maximum Gasteiger partial charge on any atom is 0.268 e. The third-order valence-electron chi connectivity index (χ3n) is 2.71. The summed E-state index contributed by atoms with van der Waals surface area (Å²) in [5.41, 5.74) is -0.616. The normalized spacial score (nSPS) is 10.9. The molecule has 0 aliphatic carbocycles. The van der Waals surface area contributed by atoms with Crippen LogP contribution in [0.15, 0.2) is 39.8 Å². The number of nitrogens with one attached hydrogen (secondary N) is 1. The van der Waals surface area contributed by atoms with Gasteiger partial charge in [0, 0.05) is 0 Å². The first kappa shape index (κ1) is 14.7. The smallest absolute Gasteiger partial charge is 0.268 e. The van der Waals surface area contributed by atoms with Crippen LogP contribution in [-0.4, -0.2) is 14.3 Å². The van der Waals surface area contributed by atoms with Gasteiger partial charge in [0.2, 0.25) is 0 Å². The number of carbonyl (C=O) groups excluding carboxylic acids is 1. The highest BCUT2D eigenvalue weighted by atomic mass is 32.2. The second-order valence-corrected chi connectivity index (χ2v) is 5.70. The zero-order chi connectivity index (χ0) is 15.6. The van der Waals surface area contributed by atoms with Crippen molar-refractivity contribution < 1.29 is 22.0 Å². The third-order valence-corrected chi connectivity index (χ3v) is 4.08. The summed E-state index contributed by atoms with van der Waals surface area (Å²) in [7, 11) is -4.37. The van der Waals surface area contributed by atoms with Gasteiger partial charge in [-0.25, -0.2) is 17.5 Å². The Bertz CT molecular complexity index is 849. The summed E-state index contributed by atoms with van der Waals surface area (Å²) >= 11 is 0. The van der Waals surface area contributed by atoms with Gasteiger partial charge in [-0.2, -0.15) is 5.26 Å². The summed E-state index contributed by atoms with van der Waals surface area (Å²) in [6.07, 6.45) is 1.24. The van der Waals surface area contributed by atoms with Crippen LogP contribution in [0.3, 0.4) is 0 Å². The van der Waals surface area contributed by atoms with Gasteiger partial charge in [-0.05, 0) is 25.1 Å². The summed E-state index contributed by atoms with van der Waals surface area (Å²) in [5, 5.41) is 8.84. The molecule has 0 fully saturated rings. The number of amides is 1. The number of rotatable bonds is 3. The number of hydrogen-bond acceptors (Lipinski definition) is 5. The minimum absolute atomic E-state index is 0.0356. The number of hydrogen-bond donors (Lipinski definition) is 1. The van der Waals surface area contributed by atoms with Gasteiger partial charge >= 0.3 is 0 Å². The molecule has 0 bridgehead atoms. The molecule has 1 amide bonds. The number of sulfonamides is 1. The summed E-state index contributed by atoms with van der Waals surface area (Å²) in [4.78, 5) is 11.3. The van der Waals surface area contributed by atoms with E-state index in [-0.39, 0.29) is 11.3 Å². The molecule has 1 aromatic carbocycles. The molecule has 8 heteroatoms. The van der Waals surface area contributed by atoms with Crippen molar-refractivity contribution in [1.29, 1.82) is 5.26 Å². The van der Waals surface area contributed by atoms with E-state index in [0.717, 1.165) is 18.2 Å². The van der Waals surface area contributed by atoms with E-state index < -0.39 is 32.2 Å². The largest absolute Gasteiger partial charge is 0.469 e. The molecule has 1 heterocycles. The van der Waals surface area contributed by atoms with Crippen LogP contribution in [0.25, 0.3) is 0 Å². The zero-order valence-electron chi connectivity index (χ0n) is 10.8. The van der Waals surface area contributed by atoms with Gasteiger partial charge in [0.15, 0.2) is 0 Å². The van der Waals surface area contributed by atoms with E-state index in [2.05, 4.69) is 0 Å². The standard InChI is InChI=1S/C13H9FN2O4S/c1-8-9(5-6-20-8)13(17)16-21(18,19)12-4-2-3-11(14)10(12)7-15/h2-6H,1H3,(H,16,17). The molecule has 0 unspecified atom stereocenters. The van der Waals surface area contributed by atoms with Crippen molar-refractivity contribution in [2.75, 3.05) is 0 Å². The molecule has 0 spiro atoms. The monoisotopic (exact) mass is 308 g/mol. The summed E-state index contributed by atoms with van der Waals surface area (Å²) in [6, 6.07) is 5.90. The molecule has 0 saturated carbocycles. The van der Waals surface area contributed by atoms with Crippen molar-refractivity contribution in [1.82, 2.24) is 4.72 Å². The Morgan fingerprint density at radius 1 is 1.38 bits per heavy atom. The van der Waals surface area contributed by atoms with Crippen LogP contribution in [0.4, 0.5) is 4.39 Å². The van der Waals surface area contributed by atoms with E-state index in [4.69, 9.17) is 9.68 Å². The SMILES string of the molecule is Cc1occc1C(=O)NS(=O)(=O)c1cccc(F)c1C#N. The molecule has 6 nitrogen and oxygen atoms in total. The Morgan fingerprint density at radius 2 is 2.10 bits per heavy atom. The van der Waals surface area contributed by atoms with E-state index in [1.165, 1.54) is 25.3 Å². The molecule has 2 aromatic rings. The van der Waals surface area contributed by atoms with Crippen molar-refractivity contribution >= 4 is 15.9 Å². The van der Waals surface area contributed by atoms with Crippen molar-refractivity contribution in [2.45, 2.75) is 11.8 Å². The molecule has 0 radical (unpaired) electrons. The lowest BCUT2D eigenvalue weighted by molar-refractivity contribution is 0.0980. The van der Waals surface area contributed by atoms with Gasteiger partial charge in [0.05, 0.1) is 11.8 Å². The Hall–Kier alpha value is -2.66. The third kappa shape index (κ3) is 2.78. The van der Waals surface area contributed by atoms with E-state index in [0.29, 0.717) is 0 Å². The molecule has 0 saturated heterocycles. The van der Waals surface area contributed by atoms with Gasteiger partial charge in [-0.1, -0.05) is 6.07 Å². The maximum atomic E-state index is 13.4. The quantitative estimate of drug-likeness (QED) is 0.930. The molecule has 21 heavy (non-hydrogen) atoms. The molecule has 1 aromatic heterocycles. The minimum Gasteiger partial charge on any atom is -0.469 e. The van der Waals surface area contributed by atoms with E-state index in [9.17, 15) is 17.6 Å². The zero-order valence-corrected chi connectivity index (χ0v) is 11.6. The number of halogens is 1. The topological polar surface area (TPSA) is 100 Å².